The average Bonchev–Trinajstić information content (AvgIpc) is 2.52. The van der Waals surface area contributed by atoms with Crippen LogP contribution in [0.3, 0.4) is 0 Å². The van der Waals surface area contributed by atoms with Crippen LogP contribution in [0, 0.1) is 6.92 Å². The molecule has 2 aromatic rings. The van der Waals surface area contributed by atoms with Gasteiger partial charge in [0.2, 0.25) is 0 Å². The number of rotatable bonds is 6. The zero-order valence-electron chi connectivity index (χ0n) is 12.1. The predicted molar refractivity (Wildman–Crippen MR) is 95.7 cm³/mol. The lowest BCUT2D eigenvalue weighted by Crippen LogP contribution is -2.36. The van der Waals surface area contributed by atoms with Crippen LogP contribution in [0.2, 0.25) is 0 Å². The topological polar surface area (TPSA) is 29.1 Å². The molecule has 0 saturated heterocycles. The number of benzene rings is 2. The number of thioether (sulfide) groups is 1. The van der Waals surface area contributed by atoms with Gasteiger partial charge in [0.1, 0.15) is 10.2 Å². The van der Waals surface area contributed by atoms with Gasteiger partial charge < -0.3 is 5.32 Å². The van der Waals surface area contributed by atoms with E-state index in [4.69, 9.17) is 23.2 Å². The van der Waals surface area contributed by atoms with Gasteiger partial charge in [-0.15, -0.1) is 35.0 Å². The molecule has 116 valence electrons. The molecule has 0 radical (unpaired) electrons. The molecule has 1 amide bonds. The number of carbonyl (C=O) groups excluding carboxylic acids is 1. The first-order valence-corrected chi connectivity index (χ1v) is 8.79. The van der Waals surface area contributed by atoms with E-state index in [9.17, 15) is 4.79 Å². The number of nitrogens with one attached hydrogen (secondary N) is 1. The summed E-state index contributed by atoms with van der Waals surface area (Å²) in [6, 6.07) is 17.4. The van der Waals surface area contributed by atoms with Crippen molar-refractivity contribution in [3.63, 3.8) is 0 Å². The summed E-state index contributed by atoms with van der Waals surface area (Å²) in [6.45, 7) is 1.98. The van der Waals surface area contributed by atoms with Crippen LogP contribution >= 0.6 is 35.0 Å². The van der Waals surface area contributed by atoms with Crippen molar-refractivity contribution < 1.29 is 4.79 Å². The molecule has 0 aliphatic carbocycles. The SMILES string of the molecule is Cc1ccc(C(=O)N[C@@H](SCc2ccccc2)C(Cl)Cl)cc1. The van der Waals surface area contributed by atoms with E-state index in [0.29, 0.717) is 5.56 Å². The van der Waals surface area contributed by atoms with Gasteiger partial charge in [-0.25, -0.2) is 0 Å². The third kappa shape index (κ3) is 5.24. The van der Waals surface area contributed by atoms with Gasteiger partial charge in [-0.05, 0) is 24.6 Å². The van der Waals surface area contributed by atoms with Gasteiger partial charge in [-0.3, -0.25) is 4.79 Å². The summed E-state index contributed by atoms with van der Waals surface area (Å²) in [5.74, 6) is 0.562. The van der Waals surface area contributed by atoms with Gasteiger partial charge in [0.25, 0.3) is 5.91 Å². The Balaban J connectivity index is 1.96. The van der Waals surface area contributed by atoms with E-state index in [-0.39, 0.29) is 11.3 Å². The molecule has 0 aromatic heterocycles. The van der Waals surface area contributed by atoms with Crippen LogP contribution in [-0.4, -0.2) is 16.1 Å². The van der Waals surface area contributed by atoms with Crippen molar-refractivity contribution in [1.29, 1.82) is 0 Å². The van der Waals surface area contributed by atoms with Gasteiger partial charge >= 0.3 is 0 Å². The van der Waals surface area contributed by atoms with Crippen molar-refractivity contribution >= 4 is 40.9 Å². The zero-order chi connectivity index (χ0) is 15.9. The van der Waals surface area contributed by atoms with E-state index in [1.165, 1.54) is 11.8 Å². The molecule has 2 aromatic carbocycles. The summed E-state index contributed by atoms with van der Waals surface area (Å²) in [7, 11) is 0. The minimum Gasteiger partial charge on any atom is -0.337 e. The molecule has 0 saturated carbocycles. The lowest BCUT2D eigenvalue weighted by Gasteiger charge is -2.19. The normalized spacial score (nSPS) is 12.2. The second-order valence-corrected chi connectivity index (χ2v) is 7.18. The van der Waals surface area contributed by atoms with Gasteiger partial charge in [0.15, 0.2) is 0 Å². The van der Waals surface area contributed by atoms with E-state index in [1.807, 2.05) is 49.4 Å². The molecule has 0 bridgehead atoms. The number of carbonyl (C=O) groups is 1. The Hall–Kier alpha value is -1.16. The second kappa shape index (κ2) is 8.47. The maximum Gasteiger partial charge on any atom is 0.252 e. The molecule has 0 spiro atoms. The number of hydrogen-bond donors (Lipinski definition) is 1. The molecule has 0 heterocycles. The molecule has 1 N–H and O–H groups in total. The summed E-state index contributed by atoms with van der Waals surface area (Å²) < 4.78 is 0. The fourth-order valence-electron chi connectivity index (χ4n) is 1.86. The number of halogens is 2. The van der Waals surface area contributed by atoms with E-state index >= 15 is 0 Å². The highest BCUT2D eigenvalue weighted by Crippen LogP contribution is 2.24. The van der Waals surface area contributed by atoms with Crippen molar-refractivity contribution in [2.45, 2.75) is 22.9 Å². The first-order chi connectivity index (χ1) is 10.6. The molecule has 22 heavy (non-hydrogen) atoms. The van der Waals surface area contributed by atoms with Gasteiger partial charge in [0, 0.05) is 11.3 Å². The third-order valence-electron chi connectivity index (χ3n) is 3.09. The van der Waals surface area contributed by atoms with Crippen LogP contribution in [0.25, 0.3) is 0 Å². The predicted octanol–water partition coefficient (Wildman–Crippen LogP) is 4.79. The Labute approximate surface area is 145 Å². The minimum atomic E-state index is -0.678. The number of alkyl halides is 2. The van der Waals surface area contributed by atoms with E-state index in [1.54, 1.807) is 12.1 Å². The highest BCUT2D eigenvalue weighted by Gasteiger charge is 2.20. The van der Waals surface area contributed by atoms with Crippen LogP contribution in [0.15, 0.2) is 54.6 Å². The fraction of sp³-hybridized carbons (Fsp3) is 0.235. The lowest BCUT2D eigenvalue weighted by molar-refractivity contribution is 0.0951. The van der Waals surface area contributed by atoms with E-state index in [0.717, 1.165) is 16.9 Å². The number of hydrogen-bond acceptors (Lipinski definition) is 2. The van der Waals surface area contributed by atoms with Crippen molar-refractivity contribution in [3.05, 3.63) is 71.3 Å². The lowest BCUT2D eigenvalue weighted by atomic mass is 10.1. The third-order valence-corrected chi connectivity index (χ3v) is 5.14. The standard InChI is InChI=1S/C17H17Cl2NOS/c1-12-7-9-14(10-8-12)16(21)20-17(15(18)19)22-11-13-5-3-2-4-6-13/h2-10,15,17H,11H2,1H3,(H,20,21)/t17-/m0/s1. The number of aryl methyl sites for hydroxylation is 1. The maximum atomic E-state index is 12.2. The molecule has 0 unspecified atom stereocenters. The fourth-order valence-corrected chi connectivity index (χ4v) is 3.32. The monoisotopic (exact) mass is 353 g/mol. The molecule has 5 heteroatoms. The van der Waals surface area contributed by atoms with Crippen molar-refractivity contribution in [3.8, 4) is 0 Å². The molecule has 0 fully saturated rings. The van der Waals surface area contributed by atoms with Crippen molar-refractivity contribution in [2.24, 2.45) is 0 Å². The first-order valence-electron chi connectivity index (χ1n) is 6.87. The summed E-state index contributed by atoms with van der Waals surface area (Å²) in [4.78, 5) is 11.6. The highest BCUT2D eigenvalue weighted by atomic mass is 35.5. The summed E-state index contributed by atoms with van der Waals surface area (Å²) in [5.41, 5.74) is 2.88. The zero-order valence-corrected chi connectivity index (χ0v) is 14.5. The van der Waals surface area contributed by atoms with Crippen LogP contribution in [-0.2, 0) is 5.75 Å². The second-order valence-electron chi connectivity index (χ2n) is 4.89. The Morgan fingerprint density at radius 1 is 1.09 bits per heavy atom. The van der Waals surface area contributed by atoms with Crippen molar-refractivity contribution in [1.82, 2.24) is 5.32 Å². The summed E-state index contributed by atoms with van der Waals surface area (Å²) in [5, 5.41) is 2.52. The number of amides is 1. The van der Waals surface area contributed by atoms with Gasteiger partial charge in [-0.1, -0.05) is 48.0 Å². The Morgan fingerprint density at radius 3 is 2.32 bits per heavy atom. The molecule has 0 aliphatic heterocycles. The van der Waals surface area contributed by atoms with Crippen LogP contribution < -0.4 is 5.32 Å². The molecular weight excluding hydrogens is 337 g/mol. The minimum absolute atomic E-state index is 0.170. The molecular formula is C17H17Cl2NOS. The maximum absolute atomic E-state index is 12.2. The summed E-state index contributed by atoms with van der Waals surface area (Å²) >= 11 is 13.5. The van der Waals surface area contributed by atoms with Crippen molar-refractivity contribution in [2.75, 3.05) is 0 Å². The van der Waals surface area contributed by atoms with Crippen LogP contribution in [0.1, 0.15) is 21.5 Å². The van der Waals surface area contributed by atoms with Crippen LogP contribution in [0.4, 0.5) is 0 Å². The van der Waals surface area contributed by atoms with E-state index in [2.05, 4.69) is 5.32 Å². The molecule has 0 aliphatic rings. The van der Waals surface area contributed by atoms with Crippen LogP contribution in [0.5, 0.6) is 0 Å². The largest absolute Gasteiger partial charge is 0.337 e. The Morgan fingerprint density at radius 2 is 1.73 bits per heavy atom. The van der Waals surface area contributed by atoms with E-state index < -0.39 is 4.84 Å². The highest BCUT2D eigenvalue weighted by molar-refractivity contribution is 7.99. The molecule has 2 rings (SSSR count). The average molecular weight is 354 g/mol. The first kappa shape index (κ1) is 17.2. The quantitative estimate of drug-likeness (QED) is 0.597. The smallest absolute Gasteiger partial charge is 0.252 e. The molecule has 2 nitrogen and oxygen atoms in total. The summed E-state index contributed by atoms with van der Waals surface area (Å²) in [6.07, 6.45) is 0. The Bertz CT molecular complexity index is 602. The van der Waals surface area contributed by atoms with Gasteiger partial charge in [0.05, 0.1) is 0 Å². The van der Waals surface area contributed by atoms with Gasteiger partial charge in [-0.2, -0.15) is 0 Å². The molecule has 1 atom stereocenters. The Kier molecular flexibility index (Phi) is 6.62.